The molecule has 1 aromatic carbocycles. The van der Waals surface area contributed by atoms with Gasteiger partial charge < -0.3 is 10.1 Å². The van der Waals surface area contributed by atoms with Crippen molar-refractivity contribution in [2.24, 2.45) is 0 Å². The van der Waals surface area contributed by atoms with Gasteiger partial charge in [-0.3, -0.25) is 4.79 Å². The van der Waals surface area contributed by atoms with E-state index in [0.29, 0.717) is 23.4 Å². The van der Waals surface area contributed by atoms with E-state index < -0.39 is 27.9 Å². The van der Waals surface area contributed by atoms with Crippen molar-refractivity contribution in [3.63, 3.8) is 0 Å². The molecule has 1 saturated heterocycles. The third-order valence-electron chi connectivity index (χ3n) is 4.96. The Kier molecular flexibility index (Phi) is 6.40. The van der Waals surface area contributed by atoms with Crippen molar-refractivity contribution in [1.29, 1.82) is 0 Å². The zero-order valence-electron chi connectivity index (χ0n) is 16.6. The number of aryl methyl sites for hydroxylation is 1. The van der Waals surface area contributed by atoms with Crippen LogP contribution in [0.25, 0.3) is 0 Å². The van der Waals surface area contributed by atoms with E-state index in [-0.39, 0.29) is 18.0 Å². The Morgan fingerprint density at radius 2 is 1.93 bits per heavy atom. The number of hydrogen-bond donors (Lipinski definition) is 1. The molecule has 0 aliphatic carbocycles. The molecule has 29 heavy (non-hydrogen) atoms. The number of thiophene rings is 1. The van der Waals surface area contributed by atoms with Crippen molar-refractivity contribution in [3.05, 3.63) is 46.3 Å². The number of carbonyl (C=O) groups is 2. The second kappa shape index (κ2) is 8.64. The fraction of sp³-hybridized carbons (Fsp3) is 0.400. The smallest absolute Gasteiger partial charge is 0.341 e. The molecule has 9 heteroatoms. The Bertz CT molecular complexity index is 1010. The minimum absolute atomic E-state index is 0.162. The molecule has 1 atom stereocenters. The molecule has 1 fully saturated rings. The van der Waals surface area contributed by atoms with Crippen LogP contribution in [-0.4, -0.2) is 43.8 Å². The molecule has 1 N–H and O–H groups in total. The molecular weight excluding hydrogens is 412 g/mol. The molecule has 156 valence electrons. The van der Waals surface area contributed by atoms with E-state index in [4.69, 9.17) is 4.74 Å². The topological polar surface area (TPSA) is 92.8 Å². The zero-order chi connectivity index (χ0) is 21.2. The number of nitrogens with zero attached hydrogens (tertiary/aromatic N) is 1. The summed E-state index contributed by atoms with van der Waals surface area (Å²) < 4.78 is 32.3. The van der Waals surface area contributed by atoms with Gasteiger partial charge in [0.25, 0.3) is 0 Å². The standard InChI is InChI=1S/C20H24N2O5S2/c1-4-27-20(24)17-13(2)14(3)28-19(17)21-18(23)16-11-8-12-22(16)29(25,26)15-9-6-5-7-10-15/h5-7,9-10,16H,4,8,11-12H2,1-3H3,(H,21,23)/t16-/m0/s1. The van der Waals surface area contributed by atoms with Gasteiger partial charge in [-0.05, 0) is 51.3 Å². The maximum absolute atomic E-state index is 13.0. The fourth-order valence-electron chi connectivity index (χ4n) is 3.38. The number of esters is 1. The maximum atomic E-state index is 13.0. The van der Waals surface area contributed by atoms with Gasteiger partial charge >= 0.3 is 5.97 Å². The Hall–Kier alpha value is -2.23. The molecular formula is C20H24N2O5S2. The summed E-state index contributed by atoms with van der Waals surface area (Å²) in [6, 6.07) is 7.27. The second-order valence-corrected chi connectivity index (χ2v) is 9.90. The second-order valence-electron chi connectivity index (χ2n) is 6.78. The number of ether oxygens (including phenoxy) is 1. The van der Waals surface area contributed by atoms with E-state index >= 15 is 0 Å². The summed E-state index contributed by atoms with van der Waals surface area (Å²) in [6.45, 7) is 5.89. The van der Waals surface area contributed by atoms with Crippen LogP contribution >= 0.6 is 11.3 Å². The lowest BCUT2D eigenvalue weighted by Gasteiger charge is -2.23. The highest BCUT2D eigenvalue weighted by Gasteiger charge is 2.40. The molecule has 1 aliphatic rings. The zero-order valence-corrected chi connectivity index (χ0v) is 18.2. The predicted molar refractivity (Wildman–Crippen MR) is 112 cm³/mol. The van der Waals surface area contributed by atoms with Crippen LogP contribution in [0.4, 0.5) is 5.00 Å². The monoisotopic (exact) mass is 436 g/mol. The van der Waals surface area contributed by atoms with Crippen LogP contribution in [0.2, 0.25) is 0 Å². The summed E-state index contributed by atoms with van der Waals surface area (Å²) in [5.41, 5.74) is 1.09. The highest BCUT2D eigenvalue weighted by molar-refractivity contribution is 7.89. The van der Waals surface area contributed by atoms with Crippen LogP contribution in [-0.2, 0) is 19.6 Å². The number of nitrogens with one attached hydrogen (secondary N) is 1. The molecule has 1 aliphatic heterocycles. The average Bonchev–Trinajstić information content (AvgIpc) is 3.29. The van der Waals surface area contributed by atoms with Crippen LogP contribution in [0.1, 0.15) is 40.6 Å². The lowest BCUT2D eigenvalue weighted by Crippen LogP contribution is -2.43. The lowest BCUT2D eigenvalue weighted by molar-refractivity contribution is -0.119. The number of anilines is 1. The predicted octanol–water partition coefficient (Wildman–Crippen LogP) is 3.33. The molecule has 7 nitrogen and oxygen atoms in total. The van der Waals surface area contributed by atoms with Crippen molar-refractivity contribution in [1.82, 2.24) is 4.31 Å². The number of rotatable bonds is 6. The molecule has 0 radical (unpaired) electrons. The van der Waals surface area contributed by atoms with Gasteiger partial charge in [-0.1, -0.05) is 18.2 Å². The first-order valence-corrected chi connectivity index (χ1v) is 11.7. The van der Waals surface area contributed by atoms with Crippen LogP contribution in [0.15, 0.2) is 35.2 Å². The summed E-state index contributed by atoms with van der Waals surface area (Å²) in [5, 5.41) is 3.18. The molecule has 0 spiro atoms. The minimum atomic E-state index is -3.78. The first-order chi connectivity index (χ1) is 13.8. The first-order valence-electron chi connectivity index (χ1n) is 9.42. The van der Waals surface area contributed by atoms with Crippen LogP contribution in [0, 0.1) is 13.8 Å². The Morgan fingerprint density at radius 1 is 1.24 bits per heavy atom. The van der Waals surface area contributed by atoms with Gasteiger partial charge in [-0.25, -0.2) is 13.2 Å². The van der Waals surface area contributed by atoms with Gasteiger partial charge in [0.05, 0.1) is 17.1 Å². The quantitative estimate of drug-likeness (QED) is 0.701. The first kappa shape index (κ1) is 21.5. The van der Waals surface area contributed by atoms with Crippen LogP contribution in [0.5, 0.6) is 0 Å². The number of carbonyl (C=O) groups excluding carboxylic acids is 2. The van der Waals surface area contributed by atoms with Crippen molar-refractivity contribution in [2.45, 2.75) is 44.6 Å². The minimum Gasteiger partial charge on any atom is -0.462 e. The van der Waals surface area contributed by atoms with Gasteiger partial charge in [0.1, 0.15) is 11.0 Å². The molecule has 1 amide bonds. The third kappa shape index (κ3) is 4.22. The summed E-state index contributed by atoms with van der Waals surface area (Å²) in [5.74, 6) is -0.932. The normalized spacial score (nSPS) is 17.3. The highest BCUT2D eigenvalue weighted by Crippen LogP contribution is 2.34. The van der Waals surface area contributed by atoms with E-state index in [1.165, 1.54) is 27.8 Å². The molecule has 1 aromatic heterocycles. The Labute approximate surface area is 174 Å². The maximum Gasteiger partial charge on any atom is 0.341 e. The number of amides is 1. The van der Waals surface area contributed by atoms with E-state index in [9.17, 15) is 18.0 Å². The van der Waals surface area contributed by atoms with E-state index in [1.807, 2.05) is 6.92 Å². The molecule has 0 saturated carbocycles. The summed E-state index contributed by atoms with van der Waals surface area (Å²) >= 11 is 1.29. The molecule has 0 bridgehead atoms. The summed E-state index contributed by atoms with van der Waals surface area (Å²) in [7, 11) is -3.78. The molecule has 2 heterocycles. The largest absolute Gasteiger partial charge is 0.462 e. The number of sulfonamides is 1. The van der Waals surface area contributed by atoms with Gasteiger partial charge in [0.15, 0.2) is 0 Å². The van der Waals surface area contributed by atoms with Crippen molar-refractivity contribution in [2.75, 3.05) is 18.5 Å². The number of benzene rings is 1. The number of hydrogen-bond acceptors (Lipinski definition) is 6. The van der Waals surface area contributed by atoms with Crippen molar-refractivity contribution in [3.8, 4) is 0 Å². The summed E-state index contributed by atoms with van der Waals surface area (Å²) in [6.07, 6.45) is 1.02. The summed E-state index contributed by atoms with van der Waals surface area (Å²) in [4.78, 5) is 26.4. The average molecular weight is 437 g/mol. The Morgan fingerprint density at radius 3 is 2.59 bits per heavy atom. The molecule has 3 rings (SSSR count). The van der Waals surface area contributed by atoms with E-state index in [0.717, 1.165) is 10.4 Å². The van der Waals surface area contributed by atoms with E-state index in [1.54, 1.807) is 32.0 Å². The SMILES string of the molecule is CCOC(=O)c1c(NC(=O)[C@@H]2CCCN2S(=O)(=O)c2ccccc2)sc(C)c1C. The van der Waals surface area contributed by atoms with Crippen molar-refractivity contribution < 1.29 is 22.7 Å². The van der Waals surface area contributed by atoms with Gasteiger partial charge in [-0.15, -0.1) is 11.3 Å². The third-order valence-corrected chi connectivity index (χ3v) is 8.00. The molecule has 0 unspecified atom stereocenters. The van der Waals surface area contributed by atoms with Gasteiger partial charge in [0.2, 0.25) is 15.9 Å². The van der Waals surface area contributed by atoms with Gasteiger partial charge in [0, 0.05) is 11.4 Å². The van der Waals surface area contributed by atoms with Crippen molar-refractivity contribution >= 4 is 38.2 Å². The highest BCUT2D eigenvalue weighted by atomic mass is 32.2. The van der Waals surface area contributed by atoms with E-state index in [2.05, 4.69) is 5.32 Å². The Balaban J connectivity index is 1.86. The lowest BCUT2D eigenvalue weighted by atomic mass is 10.1. The fourth-order valence-corrected chi connectivity index (χ4v) is 6.11. The van der Waals surface area contributed by atoms with Gasteiger partial charge in [-0.2, -0.15) is 4.31 Å². The molecule has 2 aromatic rings. The van der Waals surface area contributed by atoms with Crippen LogP contribution < -0.4 is 5.32 Å². The van der Waals surface area contributed by atoms with Crippen LogP contribution in [0.3, 0.4) is 0 Å².